The highest BCUT2D eigenvalue weighted by molar-refractivity contribution is 6.09. The molecule has 3 heteroatoms. The van der Waals surface area contributed by atoms with E-state index in [0.29, 0.717) is 11.6 Å². The summed E-state index contributed by atoms with van der Waals surface area (Å²) in [5, 5.41) is 0. The third-order valence-electron chi connectivity index (χ3n) is 2.59. The molecule has 0 aliphatic rings. The first-order valence-electron chi connectivity index (χ1n) is 4.65. The molecule has 74 valence electrons. The third kappa shape index (κ3) is 2.88. The predicted molar refractivity (Wildman–Crippen MR) is 59.7 cm³/mol. The molecule has 0 saturated heterocycles. The van der Waals surface area contributed by atoms with Crippen LogP contribution in [-0.2, 0) is 0 Å². The molecule has 0 rings (SSSR count). The van der Waals surface area contributed by atoms with Crippen LogP contribution in [0.4, 0.5) is 0 Å². The fraction of sp³-hybridized carbons (Fsp3) is 1.00. The van der Waals surface area contributed by atoms with E-state index in [1.165, 1.54) is 16.3 Å². The quantitative estimate of drug-likeness (QED) is 0.461. The Hall–Kier alpha value is 0.137. The highest BCUT2D eigenvalue weighted by atomic mass is 28.1. The molecule has 0 N–H and O–H groups in total. The van der Waals surface area contributed by atoms with Crippen molar-refractivity contribution in [3.8, 4) is 0 Å². The van der Waals surface area contributed by atoms with E-state index in [1.54, 1.807) is 0 Å². The summed E-state index contributed by atoms with van der Waals surface area (Å²) in [5.41, 5.74) is 0.416. The molecular weight excluding hydrogens is 164 g/mol. The van der Waals surface area contributed by atoms with Gasteiger partial charge in [0.15, 0.2) is 0 Å². The predicted octanol–water partition coefficient (Wildman–Crippen LogP) is 0.246. The maximum atomic E-state index is 2.35. The molecular formula is C9H24N2Si. The zero-order chi connectivity index (χ0) is 9.94. The Morgan fingerprint density at radius 3 is 1.50 bits per heavy atom. The molecule has 0 bridgehead atoms. The van der Waals surface area contributed by atoms with Crippen molar-refractivity contribution in [1.29, 1.82) is 0 Å². The number of nitrogens with zero attached hydrogens (tertiary/aromatic N) is 2. The molecule has 0 aromatic heterocycles. The van der Waals surface area contributed by atoms with E-state index in [0.717, 1.165) is 0 Å². The van der Waals surface area contributed by atoms with Gasteiger partial charge in [-0.25, -0.2) is 0 Å². The van der Waals surface area contributed by atoms with Crippen LogP contribution < -0.4 is 0 Å². The monoisotopic (exact) mass is 188 g/mol. The summed E-state index contributed by atoms with van der Waals surface area (Å²) in [6.07, 6.45) is 0.551. The van der Waals surface area contributed by atoms with E-state index in [1.807, 2.05) is 0 Å². The van der Waals surface area contributed by atoms with E-state index < -0.39 is 0 Å². The Morgan fingerprint density at radius 2 is 1.42 bits per heavy atom. The Bertz CT molecular complexity index is 124. The van der Waals surface area contributed by atoms with Crippen LogP contribution in [0.1, 0.15) is 13.8 Å². The molecule has 0 aliphatic carbocycles. The molecule has 12 heavy (non-hydrogen) atoms. The van der Waals surface area contributed by atoms with Crippen LogP contribution in [0.3, 0.4) is 0 Å². The van der Waals surface area contributed by atoms with Crippen molar-refractivity contribution in [3.05, 3.63) is 0 Å². The largest absolute Gasteiger partial charge is 0.294 e. The minimum Gasteiger partial charge on any atom is -0.294 e. The van der Waals surface area contributed by atoms with Crippen molar-refractivity contribution in [3.63, 3.8) is 0 Å². The van der Waals surface area contributed by atoms with Crippen molar-refractivity contribution in [1.82, 2.24) is 9.80 Å². The molecule has 0 spiro atoms. The molecule has 2 nitrogen and oxygen atoms in total. The van der Waals surface area contributed by atoms with Gasteiger partial charge in [0, 0.05) is 10.2 Å². The highest BCUT2D eigenvalue weighted by Crippen LogP contribution is 2.28. The first-order chi connectivity index (χ1) is 5.33. The minimum absolute atomic E-state index is 0.416. The molecule has 0 aromatic carbocycles. The van der Waals surface area contributed by atoms with Gasteiger partial charge < -0.3 is 0 Å². The Kier molecular flexibility index (Phi) is 4.44. The number of hydrogen-bond acceptors (Lipinski definition) is 2. The standard InChI is InChI=1S/C9H24N2Si/c1-9(2,7-12)8(10(3)4)11(5)6/h8H,7H2,1-6,12H3. The summed E-state index contributed by atoms with van der Waals surface area (Å²) in [4.78, 5) is 4.61. The molecule has 0 radical (unpaired) electrons. The van der Waals surface area contributed by atoms with Crippen molar-refractivity contribution in [2.45, 2.75) is 26.1 Å². The fourth-order valence-corrected chi connectivity index (χ4v) is 2.41. The van der Waals surface area contributed by atoms with Crippen LogP contribution in [0, 0.1) is 5.41 Å². The van der Waals surface area contributed by atoms with Gasteiger partial charge in [0.05, 0.1) is 6.17 Å². The van der Waals surface area contributed by atoms with Gasteiger partial charge in [-0.05, 0) is 33.6 Å². The summed E-state index contributed by atoms with van der Waals surface area (Å²) in [7, 11) is 9.91. The molecule has 0 fully saturated rings. The van der Waals surface area contributed by atoms with Gasteiger partial charge >= 0.3 is 0 Å². The third-order valence-corrected chi connectivity index (χ3v) is 4.41. The van der Waals surface area contributed by atoms with Gasteiger partial charge in [0.1, 0.15) is 0 Å². The van der Waals surface area contributed by atoms with E-state index in [2.05, 4.69) is 51.8 Å². The van der Waals surface area contributed by atoms with Gasteiger partial charge in [0.2, 0.25) is 0 Å². The van der Waals surface area contributed by atoms with Crippen LogP contribution in [0.25, 0.3) is 0 Å². The topological polar surface area (TPSA) is 6.48 Å². The summed E-state index contributed by atoms with van der Waals surface area (Å²) in [5.74, 6) is 0. The number of rotatable bonds is 4. The summed E-state index contributed by atoms with van der Waals surface area (Å²) >= 11 is 0. The van der Waals surface area contributed by atoms with Crippen LogP contribution in [-0.4, -0.2) is 54.4 Å². The Balaban J connectivity index is 4.50. The van der Waals surface area contributed by atoms with Crippen molar-refractivity contribution in [2.24, 2.45) is 5.41 Å². The van der Waals surface area contributed by atoms with Crippen molar-refractivity contribution < 1.29 is 0 Å². The lowest BCUT2D eigenvalue weighted by molar-refractivity contribution is 0.0316. The Labute approximate surface area is 80.3 Å². The number of hydrogen-bond donors (Lipinski definition) is 0. The van der Waals surface area contributed by atoms with Crippen LogP contribution in [0.15, 0.2) is 0 Å². The first kappa shape index (κ1) is 12.1. The lowest BCUT2D eigenvalue weighted by Gasteiger charge is -2.42. The maximum Gasteiger partial charge on any atom is 0.0662 e. The van der Waals surface area contributed by atoms with Gasteiger partial charge in [-0.1, -0.05) is 19.9 Å². The first-order valence-corrected chi connectivity index (χ1v) is 6.07. The van der Waals surface area contributed by atoms with Crippen LogP contribution >= 0.6 is 0 Å². The molecule has 0 atom stereocenters. The van der Waals surface area contributed by atoms with Crippen LogP contribution in [0.2, 0.25) is 6.04 Å². The lowest BCUT2D eigenvalue weighted by Crippen LogP contribution is -2.50. The van der Waals surface area contributed by atoms with E-state index in [4.69, 9.17) is 0 Å². The molecule has 0 amide bonds. The summed E-state index contributed by atoms with van der Waals surface area (Å²) in [6.45, 7) is 4.70. The minimum atomic E-state index is 0.416. The van der Waals surface area contributed by atoms with Crippen molar-refractivity contribution >= 4 is 10.2 Å². The lowest BCUT2D eigenvalue weighted by atomic mass is 9.90. The SMILES string of the molecule is CN(C)C(N(C)C)C(C)(C)C[SiH3]. The zero-order valence-electron chi connectivity index (χ0n) is 9.68. The summed E-state index contributed by atoms with van der Waals surface area (Å²) in [6, 6.07) is 1.34. The molecule has 0 aromatic rings. The molecule has 0 heterocycles. The molecule has 0 saturated carbocycles. The second kappa shape index (κ2) is 4.39. The molecule has 0 aliphatic heterocycles. The van der Waals surface area contributed by atoms with Gasteiger partial charge in [-0.2, -0.15) is 0 Å². The highest BCUT2D eigenvalue weighted by Gasteiger charge is 2.30. The van der Waals surface area contributed by atoms with E-state index in [9.17, 15) is 0 Å². The second-order valence-corrected chi connectivity index (χ2v) is 5.35. The Morgan fingerprint density at radius 1 is 1.08 bits per heavy atom. The molecule has 0 unspecified atom stereocenters. The second-order valence-electron chi connectivity index (χ2n) is 4.64. The van der Waals surface area contributed by atoms with E-state index in [-0.39, 0.29) is 0 Å². The maximum absolute atomic E-state index is 2.35. The average Bonchev–Trinajstić information content (AvgIpc) is 1.84. The van der Waals surface area contributed by atoms with Gasteiger partial charge in [-0.15, -0.1) is 0 Å². The van der Waals surface area contributed by atoms with Gasteiger partial charge in [-0.3, -0.25) is 9.80 Å². The normalized spacial score (nSPS) is 13.8. The van der Waals surface area contributed by atoms with Gasteiger partial charge in [0.25, 0.3) is 0 Å². The summed E-state index contributed by atoms with van der Waals surface area (Å²) < 4.78 is 0. The fourth-order valence-electron chi connectivity index (χ4n) is 2.04. The smallest absolute Gasteiger partial charge is 0.0662 e. The zero-order valence-corrected chi connectivity index (χ0v) is 11.7. The van der Waals surface area contributed by atoms with E-state index >= 15 is 0 Å². The van der Waals surface area contributed by atoms with Crippen LogP contribution in [0.5, 0.6) is 0 Å². The average molecular weight is 188 g/mol. The van der Waals surface area contributed by atoms with Crippen molar-refractivity contribution in [2.75, 3.05) is 28.2 Å².